The molecule has 0 aliphatic heterocycles. The monoisotopic (exact) mass is 356 g/mol. The lowest BCUT2D eigenvalue weighted by atomic mass is 10.2. The molecule has 0 spiro atoms. The highest BCUT2D eigenvalue weighted by Gasteiger charge is 2.16. The van der Waals surface area contributed by atoms with Crippen molar-refractivity contribution in [2.24, 2.45) is 0 Å². The predicted molar refractivity (Wildman–Crippen MR) is 101 cm³/mol. The van der Waals surface area contributed by atoms with Gasteiger partial charge in [-0.15, -0.1) is 0 Å². The van der Waals surface area contributed by atoms with Crippen molar-refractivity contribution in [3.05, 3.63) is 59.7 Å². The van der Waals surface area contributed by atoms with Gasteiger partial charge in [0, 0.05) is 24.9 Å². The second kappa shape index (κ2) is 9.58. The lowest BCUT2D eigenvalue weighted by Gasteiger charge is -2.16. The lowest BCUT2D eigenvalue weighted by molar-refractivity contribution is -0.122. The minimum absolute atomic E-state index is 0.220. The molecule has 0 aromatic heterocycles. The molecule has 2 N–H and O–H groups in total. The van der Waals surface area contributed by atoms with Crippen LogP contribution in [0.1, 0.15) is 22.8 Å². The minimum Gasteiger partial charge on any atom is -0.481 e. The number of carbonyl (C=O) groups is 2. The summed E-state index contributed by atoms with van der Waals surface area (Å²) >= 11 is 0. The lowest BCUT2D eigenvalue weighted by Crippen LogP contribution is -2.30. The SMILES string of the molecule is COCCNC(=O)c1cccc(NC(=O)[C@@H](C)Oc2ccccc2C)c1. The van der Waals surface area contributed by atoms with E-state index in [0.29, 0.717) is 30.2 Å². The highest BCUT2D eigenvalue weighted by molar-refractivity contribution is 5.98. The molecule has 0 saturated heterocycles. The summed E-state index contributed by atoms with van der Waals surface area (Å²) in [6.45, 7) is 4.47. The van der Waals surface area contributed by atoms with Crippen LogP contribution in [0.5, 0.6) is 5.75 Å². The molecule has 0 radical (unpaired) electrons. The number of hydrogen-bond donors (Lipinski definition) is 2. The normalized spacial score (nSPS) is 11.5. The van der Waals surface area contributed by atoms with Gasteiger partial charge in [-0.1, -0.05) is 24.3 Å². The zero-order valence-electron chi connectivity index (χ0n) is 15.2. The quantitative estimate of drug-likeness (QED) is 0.713. The summed E-state index contributed by atoms with van der Waals surface area (Å²) in [5.74, 6) is 0.161. The van der Waals surface area contributed by atoms with Crippen LogP contribution in [0.15, 0.2) is 48.5 Å². The number of amides is 2. The van der Waals surface area contributed by atoms with E-state index >= 15 is 0 Å². The average molecular weight is 356 g/mol. The third-order valence-corrected chi connectivity index (χ3v) is 3.75. The molecule has 0 bridgehead atoms. The van der Waals surface area contributed by atoms with Gasteiger partial charge in [-0.3, -0.25) is 9.59 Å². The van der Waals surface area contributed by atoms with Gasteiger partial charge in [-0.2, -0.15) is 0 Å². The number of benzene rings is 2. The van der Waals surface area contributed by atoms with Crippen molar-refractivity contribution in [1.29, 1.82) is 0 Å². The number of nitrogens with one attached hydrogen (secondary N) is 2. The summed E-state index contributed by atoms with van der Waals surface area (Å²) < 4.78 is 10.6. The van der Waals surface area contributed by atoms with Crippen molar-refractivity contribution in [3.63, 3.8) is 0 Å². The Morgan fingerprint density at radius 3 is 2.62 bits per heavy atom. The van der Waals surface area contributed by atoms with Gasteiger partial charge in [0.1, 0.15) is 5.75 Å². The second-order valence-corrected chi connectivity index (χ2v) is 5.84. The van der Waals surface area contributed by atoms with Crippen molar-refractivity contribution < 1.29 is 19.1 Å². The summed E-state index contributed by atoms with van der Waals surface area (Å²) in [4.78, 5) is 24.4. The Hall–Kier alpha value is -2.86. The number of anilines is 1. The summed E-state index contributed by atoms with van der Waals surface area (Å²) in [6.07, 6.45) is -0.671. The Bertz CT molecular complexity index is 761. The van der Waals surface area contributed by atoms with Crippen LogP contribution in [0.3, 0.4) is 0 Å². The molecular weight excluding hydrogens is 332 g/mol. The summed E-state index contributed by atoms with van der Waals surface area (Å²) in [6, 6.07) is 14.3. The van der Waals surface area contributed by atoms with Crippen molar-refractivity contribution in [2.45, 2.75) is 20.0 Å². The van der Waals surface area contributed by atoms with Gasteiger partial charge in [0.15, 0.2) is 6.10 Å². The first-order valence-corrected chi connectivity index (χ1v) is 8.41. The zero-order chi connectivity index (χ0) is 18.9. The molecule has 0 heterocycles. The molecular formula is C20H24N2O4. The molecule has 138 valence electrons. The molecule has 6 nitrogen and oxygen atoms in total. The number of carbonyl (C=O) groups excluding carboxylic acids is 2. The number of ether oxygens (including phenoxy) is 2. The van der Waals surface area contributed by atoms with E-state index in [0.717, 1.165) is 5.56 Å². The average Bonchev–Trinajstić information content (AvgIpc) is 2.64. The van der Waals surface area contributed by atoms with E-state index in [1.807, 2.05) is 31.2 Å². The maximum Gasteiger partial charge on any atom is 0.265 e. The van der Waals surface area contributed by atoms with Crippen molar-refractivity contribution in [1.82, 2.24) is 5.32 Å². The second-order valence-electron chi connectivity index (χ2n) is 5.84. The van der Waals surface area contributed by atoms with Gasteiger partial charge >= 0.3 is 0 Å². The van der Waals surface area contributed by atoms with Crippen molar-refractivity contribution >= 4 is 17.5 Å². The molecule has 2 aromatic carbocycles. The van der Waals surface area contributed by atoms with E-state index < -0.39 is 6.10 Å². The maximum absolute atomic E-state index is 12.4. The predicted octanol–water partition coefficient (Wildman–Crippen LogP) is 2.78. The van der Waals surface area contributed by atoms with E-state index in [4.69, 9.17) is 9.47 Å². The molecule has 0 aliphatic rings. The van der Waals surface area contributed by atoms with Crippen molar-refractivity contribution in [3.8, 4) is 5.75 Å². The van der Waals surface area contributed by atoms with Crippen LogP contribution in [0.25, 0.3) is 0 Å². The molecule has 0 saturated carbocycles. The van der Waals surface area contributed by atoms with Gasteiger partial charge in [0.25, 0.3) is 11.8 Å². The van der Waals surface area contributed by atoms with Gasteiger partial charge in [-0.05, 0) is 43.7 Å². The zero-order valence-corrected chi connectivity index (χ0v) is 15.2. The van der Waals surface area contributed by atoms with Crippen molar-refractivity contribution in [2.75, 3.05) is 25.6 Å². The first-order valence-electron chi connectivity index (χ1n) is 8.41. The van der Waals surface area contributed by atoms with E-state index in [9.17, 15) is 9.59 Å². The molecule has 26 heavy (non-hydrogen) atoms. The van der Waals surface area contributed by atoms with Crippen LogP contribution >= 0.6 is 0 Å². The van der Waals surface area contributed by atoms with Crippen LogP contribution in [-0.2, 0) is 9.53 Å². The van der Waals surface area contributed by atoms with Gasteiger partial charge in [0.2, 0.25) is 0 Å². The van der Waals surface area contributed by atoms with Crippen LogP contribution < -0.4 is 15.4 Å². The summed E-state index contributed by atoms with van der Waals surface area (Å²) in [5.41, 5.74) is 1.96. The topological polar surface area (TPSA) is 76.7 Å². The van der Waals surface area contributed by atoms with E-state index in [-0.39, 0.29) is 11.8 Å². The largest absolute Gasteiger partial charge is 0.481 e. The third kappa shape index (κ3) is 5.60. The number of rotatable bonds is 8. The van der Waals surface area contributed by atoms with Gasteiger partial charge < -0.3 is 20.1 Å². The summed E-state index contributed by atoms with van der Waals surface area (Å²) in [5, 5.41) is 5.52. The van der Waals surface area contributed by atoms with E-state index in [1.54, 1.807) is 38.3 Å². The smallest absolute Gasteiger partial charge is 0.265 e. The summed E-state index contributed by atoms with van der Waals surface area (Å²) in [7, 11) is 1.57. The molecule has 0 aliphatic carbocycles. The molecule has 2 rings (SSSR count). The molecule has 2 amide bonds. The number of aryl methyl sites for hydroxylation is 1. The van der Waals surface area contributed by atoms with Gasteiger partial charge in [-0.25, -0.2) is 0 Å². The Morgan fingerprint density at radius 1 is 1.12 bits per heavy atom. The molecule has 0 fully saturated rings. The van der Waals surface area contributed by atoms with Crippen LogP contribution in [-0.4, -0.2) is 38.2 Å². The van der Waals surface area contributed by atoms with Crippen LogP contribution in [0, 0.1) is 6.92 Å². The van der Waals surface area contributed by atoms with E-state index in [1.165, 1.54) is 0 Å². The maximum atomic E-state index is 12.4. The fourth-order valence-corrected chi connectivity index (χ4v) is 2.28. The van der Waals surface area contributed by atoms with Gasteiger partial charge in [0.05, 0.1) is 6.61 Å². The molecule has 2 aromatic rings. The fraction of sp³-hybridized carbons (Fsp3) is 0.300. The third-order valence-electron chi connectivity index (χ3n) is 3.75. The minimum atomic E-state index is -0.671. The highest BCUT2D eigenvalue weighted by Crippen LogP contribution is 2.18. The Labute approximate surface area is 153 Å². The highest BCUT2D eigenvalue weighted by atomic mass is 16.5. The molecule has 6 heteroatoms. The fourth-order valence-electron chi connectivity index (χ4n) is 2.28. The van der Waals surface area contributed by atoms with Crippen LogP contribution in [0.2, 0.25) is 0 Å². The molecule has 1 atom stereocenters. The first kappa shape index (κ1) is 19.5. The number of hydrogen-bond acceptors (Lipinski definition) is 4. The van der Waals surface area contributed by atoms with Crippen LogP contribution in [0.4, 0.5) is 5.69 Å². The Morgan fingerprint density at radius 2 is 1.88 bits per heavy atom. The van der Waals surface area contributed by atoms with E-state index in [2.05, 4.69) is 10.6 Å². The Balaban J connectivity index is 1.97. The Kier molecular flexibility index (Phi) is 7.17. The number of para-hydroxylation sites is 1. The molecule has 0 unspecified atom stereocenters. The first-order chi connectivity index (χ1) is 12.5. The standard InChI is InChI=1S/C20H24N2O4/c1-14-7-4-5-10-18(14)26-15(2)19(23)22-17-9-6-8-16(13-17)20(24)21-11-12-25-3/h4-10,13,15H,11-12H2,1-3H3,(H,21,24)(H,22,23)/t15-/m1/s1. The number of methoxy groups -OCH3 is 1.